The van der Waals surface area contributed by atoms with E-state index in [-0.39, 0.29) is 11.6 Å². The van der Waals surface area contributed by atoms with Crippen LogP contribution in [0.1, 0.15) is 105 Å². The van der Waals surface area contributed by atoms with Crippen molar-refractivity contribution < 1.29 is 9.53 Å². The molecule has 0 aliphatic rings. The molecule has 0 saturated carbocycles. The number of unbranched alkanes of at least 4 members (excludes halogenated alkanes) is 8. The summed E-state index contributed by atoms with van der Waals surface area (Å²) < 4.78 is 5.30. The number of carbonyl (C=O) groups excluding carboxylic acids is 1. The zero-order valence-electron chi connectivity index (χ0n) is 16.6. The maximum Gasteiger partial charge on any atom is 0.306 e. The van der Waals surface area contributed by atoms with Crippen LogP contribution < -0.4 is 0 Å². The Morgan fingerprint density at radius 3 is 1.92 bits per heavy atom. The molecule has 0 saturated heterocycles. The predicted molar refractivity (Wildman–Crippen MR) is 105 cm³/mol. The van der Waals surface area contributed by atoms with E-state index in [1.54, 1.807) is 0 Å². The summed E-state index contributed by atoms with van der Waals surface area (Å²) in [4.78, 5) is 11.6. The largest absolute Gasteiger partial charge is 0.460 e. The van der Waals surface area contributed by atoms with Gasteiger partial charge in [-0.25, -0.2) is 0 Å². The lowest BCUT2D eigenvalue weighted by atomic mass is 10.1. The normalized spacial score (nSPS) is 12.3. The van der Waals surface area contributed by atoms with Crippen LogP contribution in [0.4, 0.5) is 0 Å². The predicted octanol–water partition coefficient (Wildman–Crippen LogP) is 7.14. The van der Waals surface area contributed by atoms with Gasteiger partial charge in [0.1, 0.15) is 5.60 Å². The second kappa shape index (κ2) is 15.5. The standard InChI is InChI=1S/C22H40O2/c1-5-6-7-8-9-10-11-12-13-14-15-16-17-18-19-20-21(23)24-22(2,3)4/h9-10,12-13H,5-8,11,14-20H2,1-4H3/b10-9+,13-12+. The highest BCUT2D eigenvalue weighted by molar-refractivity contribution is 5.69. The summed E-state index contributed by atoms with van der Waals surface area (Å²) in [5.41, 5.74) is -0.353. The van der Waals surface area contributed by atoms with Crippen molar-refractivity contribution in [1.82, 2.24) is 0 Å². The molecule has 0 aromatic rings. The molecular formula is C22H40O2. The van der Waals surface area contributed by atoms with Crippen LogP contribution in [0.3, 0.4) is 0 Å². The van der Waals surface area contributed by atoms with Gasteiger partial charge in [-0.3, -0.25) is 4.79 Å². The minimum absolute atomic E-state index is 0.0619. The third-order valence-corrected chi connectivity index (χ3v) is 3.75. The molecule has 0 aliphatic carbocycles. The van der Waals surface area contributed by atoms with E-state index >= 15 is 0 Å². The lowest BCUT2D eigenvalue weighted by molar-refractivity contribution is -0.154. The van der Waals surface area contributed by atoms with Crippen molar-refractivity contribution in [3.8, 4) is 0 Å². The van der Waals surface area contributed by atoms with Gasteiger partial charge in [-0.15, -0.1) is 0 Å². The van der Waals surface area contributed by atoms with Crippen LogP contribution in [0.2, 0.25) is 0 Å². The van der Waals surface area contributed by atoms with Gasteiger partial charge in [0.15, 0.2) is 0 Å². The second-order valence-corrected chi connectivity index (χ2v) is 7.57. The molecular weight excluding hydrogens is 296 g/mol. The fourth-order valence-electron chi connectivity index (χ4n) is 2.47. The molecule has 140 valence electrons. The first-order chi connectivity index (χ1) is 11.5. The molecule has 0 radical (unpaired) electrons. The molecule has 0 amide bonds. The van der Waals surface area contributed by atoms with E-state index in [2.05, 4.69) is 31.2 Å². The van der Waals surface area contributed by atoms with Crippen molar-refractivity contribution in [3.63, 3.8) is 0 Å². The first kappa shape index (κ1) is 22.9. The zero-order chi connectivity index (χ0) is 18.1. The lowest BCUT2D eigenvalue weighted by Crippen LogP contribution is -2.23. The summed E-state index contributed by atoms with van der Waals surface area (Å²) in [6, 6.07) is 0. The molecule has 0 bridgehead atoms. The number of carbonyl (C=O) groups is 1. The monoisotopic (exact) mass is 336 g/mol. The van der Waals surface area contributed by atoms with Crippen LogP contribution in [0.5, 0.6) is 0 Å². The van der Waals surface area contributed by atoms with Gasteiger partial charge in [0.05, 0.1) is 0 Å². The van der Waals surface area contributed by atoms with Gasteiger partial charge in [-0.2, -0.15) is 0 Å². The Hall–Kier alpha value is -1.05. The van der Waals surface area contributed by atoms with Crippen LogP contribution in [0.25, 0.3) is 0 Å². The highest BCUT2D eigenvalue weighted by Gasteiger charge is 2.15. The maximum absolute atomic E-state index is 11.6. The van der Waals surface area contributed by atoms with E-state index in [4.69, 9.17) is 4.74 Å². The summed E-state index contributed by atoms with van der Waals surface area (Å²) in [6.07, 6.45) is 23.0. The fourth-order valence-corrected chi connectivity index (χ4v) is 2.47. The smallest absolute Gasteiger partial charge is 0.306 e. The van der Waals surface area contributed by atoms with E-state index in [0.29, 0.717) is 6.42 Å². The summed E-state index contributed by atoms with van der Waals surface area (Å²) in [5.74, 6) is -0.0619. The van der Waals surface area contributed by atoms with E-state index in [0.717, 1.165) is 19.3 Å². The van der Waals surface area contributed by atoms with Crippen LogP contribution in [0, 0.1) is 0 Å². The molecule has 0 spiro atoms. The Labute approximate surface area is 150 Å². The number of allylic oxidation sites excluding steroid dienone is 4. The summed E-state index contributed by atoms with van der Waals surface area (Å²) >= 11 is 0. The van der Waals surface area contributed by atoms with Gasteiger partial charge >= 0.3 is 5.97 Å². The molecule has 0 fully saturated rings. The highest BCUT2D eigenvalue weighted by Crippen LogP contribution is 2.12. The zero-order valence-corrected chi connectivity index (χ0v) is 16.6. The Morgan fingerprint density at radius 1 is 0.792 bits per heavy atom. The van der Waals surface area contributed by atoms with E-state index in [1.807, 2.05) is 20.8 Å². The van der Waals surface area contributed by atoms with Crippen LogP contribution in [0.15, 0.2) is 24.3 Å². The molecule has 0 atom stereocenters. The Morgan fingerprint density at radius 2 is 1.33 bits per heavy atom. The molecule has 0 heterocycles. The van der Waals surface area contributed by atoms with Crippen molar-refractivity contribution in [1.29, 1.82) is 0 Å². The molecule has 0 unspecified atom stereocenters. The van der Waals surface area contributed by atoms with Crippen LogP contribution in [-0.2, 0) is 9.53 Å². The van der Waals surface area contributed by atoms with E-state index in [1.165, 1.54) is 51.4 Å². The minimum Gasteiger partial charge on any atom is -0.460 e. The molecule has 24 heavy (non-hydrogen) atoms. The molecule has 0 aromatic carbocycles. The van der Waals surface area contributed by atoms with E-state index < -0.39 is 0 Å². The van der Waals surface area contributed by atoms with Crippen molar-refractivity contribution in [2.75, 3.05) is 0 Å². The summed E-state index contributed by atoms with van der Waals surface area (Å²) in [7, 11) is 0. The molecule has 0 N–H and O–H groups in total. The highest BCUT2D eigenvalue weighted by atomic mass is 16.6. The number of hydrogen-bond acceptors (Lipinski definition) is 2. The average molecular weight is 337 g/mol. The Kier molecular flexibility index (Phi) is 14.8. The van der Waals surface area contributed by atoms with Gasteiger partial charge in [-0.05, 0) is 59.3 Å². The number of rotatable bonds is 14. The topological polar surface area (TPSA) is 26.3 Å². The molecule has 2 heteroatoms. The minimum atomic E-state index is -0.353. The van der Waals surface area contributed by atoms with Crippen LogP contribution in [-0.4, -0.2) is 11.6 Å². The summed E-state index contributed by atoms with van der Waals surface area (Å²) in [6.45, 7) is 8.00. The second-order valence-electron chi connectivity index (χ2n) is 7.57. The van der Waals surface area contributed by atoms with Crippen molar-refractivity contribution >= 4 is 5.97 Å². The van der Waals surface area contributed by atoms with Gasteiger partial charge in [0, 0.05) is 6.42 Å². The first-order valence-electron chi connectivity index (χ1n) is 9.97. The van der Waals surface area contributed by atoms with Gasteiger partial charge in [0.25, 0.3) is 0 Å². The number of ether oxygens (including phenoxy) is 1. The summed E-state index contributed by atoms with van der Waals surface area (Å²) in [5, 5.41) is 0. The van der Waals surface area contributed by atoms with E-state index in [9.17, 15) is 4.79 Å². The molecule has 0 aromatic heterocycles. The SMILES string of the molecule is CCCCC/C=C/C/C=C/CCCCCCCC(=O)OC(C)(C)C. The number of esters is 1. The average Bonchev–Trinajstić information content (AvgIpc) is 2.49. The quantitative estimate of drug-likeness (QED) is 0.191. The molecule has 0 aliphatic heterocycles. The van der Waals surface area contributed by atoms with Gasteiger partial charge < -0.3 is 4.74 Å². The Bertz CT molecular complexity index is 347. The van der Waals surface area contributed by atoms with Gasteiger partial charge in [-0.1, -0.05) is 63.3 Å². The maximum atomic E-state index is 11.6. The fraction of sp³-hybridized carbons (Fsp3) is 0.773. The van der Waals surface area contributed by atoms with Crippen molar-refractivity contribution in [3.05, 3.63) is 24.3 Å². The number of hydrogen-bond donors (Lipinski definition) is 0. The lowest BCUT2D eigenvalue weighted by Gasteiger charge is -2.19. The van der Waals surface area contributed by atoms with Crippen molar-refractivity contribution in [2.45, 2.75) is 110 Å². The molecule has 2 nitrogen and oxygen atoms in total. The van der Waals surface area contributed by atoms with Crippen LogP contribution >= 0.6 is 0 Å². The van der Waals surface area contributed by atoms with Gasteiger partial charge in [0.2, 0.25) is 0 Å². The molecule has 0 rings (SSSR count). The Balaban J connectivity index is 3.33. The third kappa shape index (κ3) is 19.0. The third-order valence-electron chi connectivity index (χ3n) is 3.75. The van der Waals surface area contributed by atoms with Crippen molar-refractivity contribution in [2.24, 2.45) is 0 Å². The first-order valence-corrected chi connectivity index (χ1v) is 9.97.